The zero-order valence-electron chi connectivity index (χ0n) is 12.7. The number of para-hydroxylation sites is 1. The average molecular weight is 311 g/mol. The minimum absolute atomic E-state index is 0.178. The summed E-state index contributed by atoms with van der Waals surface area (Å²) < 4.78 is 5.64. The van der Waals surface area contributed by atoms with Gasteiger partial charge in [0.1, 0.15) is 12.4 Å². The van der Waals surface area contributed by atoms with E-state index in [1.807, 2.05) is 32.2 Å². The Hall–Kier alpha value is -1.26. The molecule has 4 nitrogen and oxygen atoms in total. The van der Waals surface area contributed by atoms with E-state index in [1.165, 1.54) is 0 Å². The minimum Gasteiger partial charge on any atom is -0.490 e. The number of carbonyl (C=O) groups is 1. The highest BCUT2D eigenvalue weighted by Gasteiger charge is 2.36. The molecule has 1 aromatic carbocycles. The summed E-state index contributed by atoms with van der Waals surface area (Å²) in [5.41, 5.74) is -0.294. The Morgan fingerprint density at radius 2 is 2.24 bits per heavy atom. The predicted molar refractivity (Wildman–Crippen MR) is 84.8 cm³/mol. The van der Waals surface area contributed by atoms with E-state index in [9.17, 15) is 4.79 Å². The molecule has 0 aliphatic carbocycles. The number of hydrogen-bond donors (Lipinski definition) is 1. The summed E-state index contributed by atoms with van der Waals surface area (Å²) in [6, 6.07) is 7.36. The normalized spacial score (nSPS) is 21.9. The first-order valence-corrected chi connectivity index (χ1v) is 7.74. The predicted octanol–water partition coefficient (Wildman–Crippen LogP) is 2.57. The fourth-order valence-electron chi connectivity index (χ4n) is 2.66. The van der Waals surface area contributed by atoms with Gasteiger partial charge in [-0.2, -0.15) is 0 Å². The van der Waals surface area contributed by atoms with Gasteiger partial charge in [-0.3, -0.25) is 4.79 Å². The minimum atomic E-state index is -0.294. The molecule has 1 saturated heterocycles. The molecule has 1 heterocycles. The van der Waals surface area contributed by atoms with Gasteiger partial charge in [0.25, 0.3) is 0 Å². The number of halogens is 1. The van der Waals surface area contributed by atoms with Gasteiger partial charge in [-0.05, 0) is 38.4 Å². The first kappa shape index (κ1) is 16.1. The van der Waals surface area contributed by atoms with Crippen LogP contribution in [0.2, 0.25) is 5.02 Å². The molecule has 1 unspecified atom stereocenters. The number of carbonyl (C=O) groups excluding carboxylic acids is 1. The lowest BCUT2D eigenvalue weighted by atomic mass is 9.81. The summed E-state index contributed by atoms with van der Waals surface area (Å²) in [7, 11) is 1.83. The van der Waals surface area contributed by atoms with Gasteiger partial charge in [0.2, 0.25) is 5.91 Å². The van der Waals surface area contributed by atoms with Crippen LogP contribution in [0.15, 0.2) is 24.3 Å². The van der Waals surface area contributed by atoms with Crippen molar-refractivity contribution in [3.05, 3.63) is 29.3 Å². The van der Waals surface area contributed by atoms with Gasteiger partial charge in [-0.15, -0.1) is 0 Å². The van der Waals surface area contributed by atoms with Crippen molar-refractivity contribution < 1.29 is 9.53 Å². The van der Waals surface area contributed by atoms with E-state index in [2.05, 4.69) is 5.32 Å². The highest BCUT2D eigenvalue weighted by molar-refractivity contribution is 6.32. The molecule has 1 amide bonds. The van der Waals surface area contributed by atoms with Crippen LogP contribution < -0.4 is 10.1 Å². The summed E-state index contributed by atoms with van der Waals surface area (Å²) in [6.45, 7) is 4.78. The van der Waals surface area contributed by atoms with Crippen LogP contribution in [0.3, 0.4) is 0 Å². The van der Waals surface area contributed by atoms with Gasteiger partial charge >= 0.3 is 0 Å². The molecule has 5 heteroatoms. The van der Waals surface area contributed by atoms with Crippen LogP contribution in [0, 0.1) is 5.41 Å². The number of piperidine rings is 1. The fourth-order valence-corrected chi connectivity index (χ4v) is 2.85. The van der Waals surface area contributed by atoms with Gasteiger partial charge in [0, 0.05) is 13.6 Å². The van der Waals surface area contributed by atoms with E-state index in [4.69, 9.17) is 16.3 Å². The van der Waals surface area contributed by atoms with Crippen LogP contribution >= 0.6 is 11.6 Å². The third kappa shape index (κ3) is 4.11. The number of rotatable bonds is 5. The average Bonchev–Trinajstić information content (AvgIpc) is 2.49. The molecular formula is C16H23ClN2O2. The lowest BCUT2D eigenvalue weighted by Crippen LogP contribution is -2.49. The molecule has 0 radical (unpaired) electrons. The Bertz CT molecular complexity index is 487. The fraction of sp³-hybridized carbons (Fsp3) is 0.562. The van der Waals surface area contributed by atoms with E-state index in [0.717, 1.165) is 25.9 Å². The maximum Gasteiger partial charge on any atom is 0.229 e. The number of nitrogens with one attached hydrogen (secondary N) is 1. The molecule has 1 atom stereocenters. The van der Waals surface area contributed by atoms with E-state index >= 15 is 0 Å². The van der Waals surface area contributed by atoms with Crippen molar-refractivity contribution in [3.63, 3.8) is 0 Å². The van der Waals surface area contributed by atoms with Gasteiger partial charge in [0.15, 0.2) is 0 Å². The Morgan fingerprint density at radius 1 is 1.48 bits per heavy atom. The molecule has 1 aromatic rings. The number of nitrogens with zero attached hydrogens (tertiary/aromatic N) is 1. The molecule has 1 aliphatic rings. The van der Waals surface area contributed by atoms with Crippen LogP contribution in [-0.4, -0.2) is 44.1 Å². The summed E-state index contributed by atoms with van der Waals surface area (Å²) in [5, 5.41) is 3.90. The second kappa shape index (κ2) is 7.14. The largest absolute Gasteiger partial charge is 0.490 e. The van der Waals surface area contributed by atoms with E-state index in [-0.39, 0.29) is 11.3 Å². The van der Waals surface area contributed by atoms with Crippen molar-refractivity contribution in [3.8, 4) is 5.75 Å². The van der Waals surface area contributed by atoms with E-state index in [1.54, 1.807) is 11.0 Å². The molecule has 1 N–H and O–H groups in total. The Morgan fingerprint density at radius 3 is 2.90 bits per heavy atom. The quantitative estimate of drug-likeness (QED) is 0.909. The molecule has 21 heavy (non-hydrogen) atoms. The third-order valence-corrected chi connectivity index (χ3v) is 4.29. The second-order valence-electron chi connectivity index (χ2n) is 5.85. The summed E-state index contributed by atoms with van der Waals surface area (Å²) >= 11 is 6.03. The molecular weight excluding hydrogens is 288 g/mol. The molecule has 1 fully saturated rings. The number of hydrogen-bond acceptors (Lipinski definition) is 3. The molecule has 0 spiro atoms. The smallest absolute Gasteiger partial charge is 0.229 e. The number of ether oxygens (including phenoxy) is 1. The zero-order chi connectivity index (χ0) is 15.3. The van der Waals surface area contributed by atoms with Crippen LogP contribution in [0.4, 0.5) is 0 Å². The van der Waals surface area contributed by atoms with Crippen molar-refractivity contribution in [2.45, 2.75) is 19.8 Å². The molecule has 0 bridgehead atoms. The summed E-state index contributed by atoms with van der Waals surface area (Å²) in [6.07, 6.45) is 1.99. The van der Waals surface area contributed by atoms with Crippen LogP contribution in [0.1, 0.15) is 19.8 Å². The van der Waals surface area contributed by atoms with Crippen molar-refractivity contribution in [2.75, 3.05) is 33.3 Å². The van der Waals surface area contributed by atoms with E-state index in [0.29, 0.717) is 23.9 Å². The van der Waals surface area contributed by atoms with Crippen LogP contribution in [0.5, 0.6) is 5.75 Å². The summed E-state index contributed by atoms with van der Waals surface area (Å²) in [4.78, 5) is 14.3. The maximum atomic E-state index is 12.5. The molecule has 0 aromatic heterocycles. The first-order chi connectivity index (χ1) is 10.0. The standard InChI is InChI=1S/C16H23ClN2O2/c1-16(8-5-9-18-12-16)15(20)19(2)10-11-21-14-7-4-3-6-13(14)17/h3-4,6-7,18H,5,8-12H2,1-2H3. The summed E-state index contributed by atoms with van der Waals surface area (Å²) in [5.74, 6) is 0.836. The lowest BCUT2D eigenvalue weighted by Gasteiger charge is -2.36. The zero-order valence-corrected chi connectivity index (χ0v) is 13.4. The Kier molecular flexibility index (Phi) is 5.48. The number of benzene rings is 1. The van der Waals surface area contributed by atoms with Crippen molar-refractivity contribution in [2.24, 2.45) is 5.41 Å². The van der Waals surface area contributed by atoms with Gasteiger partial charge in [0.05, 0.1) is 17.0 Å². The monoisotopic (exact) mass is 310 g/mol. The van der Waals surface area contributed by atoms with Crippen LogP contribution in [-0.2, 0) is 4.79 Å². The van der Waals surface area contributed by atoms with E-state index < -0.39 is 0 Å². The molecule has 1 aliphatic heterocycles. The van der Waals surface area contributed by atoms with Crippen molar-refractivity contribution >= 4 is 17.5 Å². The SMILES string of the molecule is CN(CCOc1ccccc1Cl)C(=O)C1(C)CCCNC1. The molecule has 116 valence electrons. The highest BCUT2D eigenvalue weighted by atomic mass is 35.5. The van der Waals surface area contributed by atoms with Crippen LogP contribution in [0.25, 0.3) is 0 Å². The third-order valence-electron chi connectivity index (χ3n) is 3.98. The molecule has 2 rings (SSSR count). The van der Waals surface area contributed by atoms with Gasteiger partial charge in [-0.1, -0.05) is 23.7 Å². The topological polar surface area (TPSA) is 41.6 Å². The number of likely N-dealkylation sites (N-methyl/N-ethyl adjacent to an activating group) is 1. The lowest BCUT2D eigenvalue weighted by molar-refractivity contribution is -0.141. The Balaban J connectivity index is 1.83. The maximum absolute atomic E-state index is 12.5. The number of amides is 1. The van der Waals surface area contributed by atoms with Gasteiger partial charge in [-0.25, -0.2) is 0 Å². The van der Waals surface area contributed by atoms with Crippen molar-refractivity contribution in [1.82, 2.24) is 10.2 Å². The second-order valence-corrected chi connectivity index (χ2v) is 6.25. The first-order valence-electron chi connectivity index (χ1n) is 7.36. The van der Waals surface area contributed by atoms with Crippen molar-refractivity contribution in [1.29, 1.82) is 0 Å². The van der Waals surface area contributed by atoms with Gasteiger partial charge < -0.3 is 15.0 Å². The highest BCUT2D eigenvalue weighted by Crippen LogP contribution is 2.27. The molecule has 0 saturated carbocycles. The Labute approximate surface area is 131 Å².